The number of carbonyl (C=O) groups excluding carboxylic acids is 1. The molecule has 0 aliphatic carbocycles. The van der Waals surface area contributed by atoms with Crippen molar-refractivity contribution in [2.75, 3.05) is 25.5 Å². The Morgan fingerprint density at radius 2 is 2.18 bits per heavy atom. The van der Waals surface area contributed by atoms with E-state index < -0.39 is 11.0 Å². The van der Waals surface area contributed by atoms with Crippen molar-refractivity contribution in [2.45, 2.75) is 26.3 Å². The molecule has 0 bridgehead atoms. The van der Waals surface area contributed by atoms with Crippen molar-refractivity contribution in [1.29, 1.82) is 0 Å². The smallest absolute Gasteiger partial charge is 0.319 e. The van der Waals surface area contributed by atoms with Gasteiger partial charge in [0.25, 0.3) is 5.69 Å². The number of anilines is 1. The topological polar surface area (TPSA) is 87.5 Å². The zero-order chi connectivity index (χ0) is 16.7. The highest BCUT2D eigenvalue weighted by atomic mass is 35.5. The van der Waals surface area contributed by atoms with Crippen molar-refractivity contribution in [2.24, 2.45) is 0 Å². The van der Waals surface area contributed by atoms with Gasteiger partial charge in [0.15, 0.2) is 0 Å². The van der Waals surface area contributed by atoms with E-state index >= 15 is 0 Å². The van der Waals surface area contributed by atoms with E-state index in [9.17, 15) is 14.9 Å². The zero-order valence-corrected chi connectivity index (χ0v) is 13.7. The number of amides is 2. The third-order valence-corrected chi connectivity index (χ3v) is 3.83. The minimum atomic E-state index is -0.541. The number of halogens is 1. The van der Waals surface area contributed by atoms with E-state index in [0.29, 0.717) is 19.1 Å². The molecule has 1 unspecified atom stereocenters. The molecule has 22 heavy (non-hydrogen) atoms. The summed E-state index contributed by atoms with van der Waals surface area (Å²) in [7, 11) is 1.99. The van der Waals surface area contributed by atoms with E-state index in [1.807, 2.05) is 7.05 Å². The second-order valence-corrected chi connectivity index (χ2v) is 5.45. The van der Waals surface area contributed by atoms with Crippen LogP contribution in [0.4, 0.5) is 16.2 Å². The maximum absolute atomic E-state index is 11.8. The van der Waals surface area contributed by atoms with Crippen molar-refractivity contribution in [3.05, 3.63) is 33.3 Å². The van der Waals surface area contributed by atoms with Gasteiger partial charge < -0.3 is 15.5 Å². The molecule has 0 aliphatic rings. The highest BCUT2D eigenvalue weighted by Crippen LogP contribution is 2.26. The lowest BCUT2D eigenvalue weighted by atomic mass is 10.2. The number of hydrogen-bond acceptors (Lipinski definition) is 4. The lowest BCUT2D eigenvalue weighted by molar-refractivity contribution is -0.384. The summed E-state index contributed by atoms with van der Waals surface area (Å²) < 4.78 is 0. The van der Waals surface area contributed by atoms with E-state index in [4.69, 9.17) is 11.6 Å². The molecule has 0 aromatic heterocycles. The molecule has 1 rings (SSSR count). The predicted molar refractivity (Wildman–Crippen MR) is 87.5 cm³/mol. The van der Waals surface area contributed by atoms with Gasteiger partial charge in [-0.3, -0.25) is 10.1 Å². The van der Waals surface area contributed by atoms with Gasteiger partial charge in [0, 0.05) is 31.3 Å². The molecule has 122 valence electrons. The molecule has 1 atom stereocenters. The highest BCUT2D eigenvalue weighted by molar-refractivity contribution is 6.33. The average molecular weight is 329 g/mol. The SMILES string of the molecule is CCC(C)N(C)CCNC(=O)Nc1cc([N+](=O)[O-])ccc1Cl. The van der Waals surface area contributed by atoms with E-state index in [-0.39, 0.29) is 16.4 Å². The van der Waals surface area contributed by atoms with Gasteiger partial charge in [0.1, 0.15) is 0 Å². The summed E-state index contributed by atoms with van der Waals surface area (Å²) in [6.07, 6.45) is 1.03. The van der Waals surface area contributed by atoms with Crippen LogP contribution >= 0.6 is 11.6 Å². The van der Waals surface area contributed by atoms with Gasteiger partial charge in [-0.25, -0.2) is 4.79 Å². The fourth-order valence-electron chi connectivity index (χ4n) is 1.77. The minimum Gasteiger partial charge on any atom is -0.337 e. The van der Waals surface area contributed by atoms with Gasteiger partial charge in [0.2, 0.25) is 0 Å². The molecule has 0 saturated carbocycles. The molecule has 1 aromatic carbocycles. The number of urea groups is 1. The predicted octanol–water partition coefficient (Wildman–Crippen LogP) is 3.10. The minimum absolute atomic E-state index is 0.129. The second kappa shape index (κ2) is 8.55. The van der Waals surface area contributed by atoms with Gasteiger partial charge in [-0.2, -0.15) is 0 Å². The van der Waals surface area contributed by atoms with Gasteiger partial charge in [-0.05, 0) is 26.5 Å². The Balaban J connectivity index is 2.52. The van der Waals surface area contributed by atoms with Crippen LogP contribution in [-0.4, -0.2) is 42.0 Å². The number of likely N-dealkylation sites (N-methyl/N-ethyl adjacent to an activating group) is 1. The summed E-state index contributed by atoms with van der Waals surface area (Å²) >= 11 is 5.92. The molecular weight excluding hydrogens is 308 g/mol. The first-order valence-electron chi connectivity index (χ1n) is 7.04. The molecule has 2 amide bonds. The fraction of sp³-hybridized carbons (Fsp3) is 0.500. The van der Waals surface area contributed by atoms with Gasteiger partial charge >= 0.3 is 6.03 Å². The summed E-state index contributed by atoms with van der Waals surface area (Å²) in [5, 5.41) is 16.2. The maximum Gasteiger partial charge on any atom is 0.319 e. The molecular formula is C14H21ClN4O3. The van der Waals surface area contributed by atoms with Gasteiger partial charge in [-0.1, -0.05) is 18.5 Å². The Morgan fingerprint density at radius 1 is 1.50 bits per heavy atom. The number of benzene rings is 1. The van der Waals surface area contributed by atoms with Crippen LogP contribution in [0.2, 0.25) is 5.02 Å². The molecule has 8 heteroatoms. The lowest BCUT2D eigenvalue weighted by Crippen LogP contribution is -2.38. The summed E-state index contributed by atoms with van der Waals surface area (Å²) in [5.74, 6) is 0. The monoisotopic (exact) mass is 328 g/mol. The third-order valence-electron chi connectivity index (χ3n) is 3.50. The highest BCUT2D eigenvalue weighted by Gasteiger charge is 2.12. The van der Waals surface area contributed by atoms with Crippen molar-refractivity contribution in [3.63, 3.8) is 0 Å². The van der Waals surface area contributed by atoms with Crippen LogP contribution in [0.5, 0.6) is 0 Å². The Bertz CT molecular complexity index is 539. The Labute approximate surface area is 134 Å². The first-order valence-corrected chi connectivity index (χ1v) is 7.42. The number of nitro benzene ring substituents is 1. The van der Waals surface area contributed by atoms with Crippen LogP contribution in [-0.2, 0) is 0 Å². The number of nitrogens with zero attached hydrogens (tertiary/aromatic N) is 2. The molecule has 0 heterocycles. The molecule has 0 fully saturated rings. The van der Waals surface area contributed by atoms with Crippen LogP contribution < -0.4 is 10.6 Å². The normalized spacial score (nSPS) is 12.0. The van der Waals surface area contributed by atoms with Crippen LogP contribution in [0.15, 0.2) is 18.2 Å². The van der Waals surface area contributed by atoms with Gasteiger partial charge in [0.05, 0.1) is 15.6 Å². The summed E-state index contributed by atoms with van der Waals surface area (Å²) in [6.45, 7) is 5.40. The Morgan fingerprint density at radius 3 is 2.77 bits per heavy atom. The molecule has 0 aliphatic heterocycles. The third kappa shape index (κ3) is 5.50. The number of nitrogens with one attached hydrogen (secondary N) is 2. The van der Waals surface area contributed by atoms with E-state index in [1.54, 1.807) is 0 Å². The van der Waals surface area contributed by atoms with E-state index in [1.165, 1.54) is 18.2 Å². The Hall–Kier alpha value is -1.86. The van der Waals surface area contributed by atoms with Gasteiger partial charge in [-0.15, -0.1) is 0 Å². The van der Waals surface area contributed by atoms with Crippen molar-refractivity contribution in [3.8, 4) is 0 Å². The molecule has 2 N–H and O–H groups in total. The standard InChI is InChI=1S/C14H21ClN4O3/c1-4-10(2)18(3)8-7-16-14(20)17-13-9-11(19(21)22)5-6-12(13)15/h5-6,9-10H,4,7-8H2,1-3H3,(H2,16,17,20). The Kier molecular flexibility index (Phi) is 7.07. The van der Waals surface area contributed by atoms with Crippen LogP contribution in [0.25, 0.3) is 0 Å². The first-order chi connectivity index (χ1) is 10.3. The second-order valence-electron chi connectivity index (χ2n) is 5.04. The molecule has 0 radical (unpaired) electrons. The largest absolute Gasteiger partial charge is 0.337 e. The average Bonchev–Trinajstić information content (AvgIpc) is 2.48. The van der Waals surface area contributed by atoms with Crippen molar-refractivity contribution >= 4 is 29.0 Å². The molecule has 1 aromatic rings. The first kappa shape index (κ1) is 18.2. The number of rotatable bonds is 7. The lowest BCUT2D eigenvalue weighted by Gasteiger charge is -2.23. The number of non-ortho nitro benzene ring substituents is 1. The number of carbonyl (C=O) groups is 1. The van der Waals surface area contributed by atoms with Crippen molar-refractivity contribution in [1.82, 2.24) is 10.2 Å². The van der Waals surface area contributed by atoms with Crippen molar-refractivity contribution < 1.29 is 9.72 Å². The summed E-state index contributed by atoms with van der Waals surface area (Å²) in [6, 6.07) is 3.89. The zero-order valence-electron chi connectivity index (χ0n) is 12.9. The number of nitro groups is 1. The van der Waals surface area contributed by atoms with Crippen LogP contribution in [0.3, 0.4) is 0 Å². The molecule has 7 nitrogen and oxygen atoms in total. The summed E-state index contributed by atoms with van der Waals surface area (Å²) in [5.41, 5.74) is 0.0832. The summed E-state index contributed by atoms with van der Waals surface area (Å²) in [4.78, 5) is 24.1. The van der Waals surface area contributed by atoms with E-state index in [2.05, 4.69) is 29.4 Å². The number of hydrogen-bond donors (Lipinski definition) is 2. The molecule has 0 spiro atoms. The quantitative estimate of drug-likeness (QED) is 0.594. The van der Waals surface area contributed by atoms with Crippen LogP contribution in [0.1, 0.15) is 20.3 Å². The maximum atomic E-state index is 11.8. The fourth-order valence-corrected chi connectivity index (χ4v) is 1.93. The van der Waals surface area contributed by atoms with E-state index in [0.717, 1.165) is 6.42 Å². The molecule has 0 saturated heterocycles. The van der Waals surface area contributed by atoms with Crippen LogP contribution in [0, 0.1) is 10.1 Å².